The summed E-state index contributed by atoms with van der Waals surface area (Å²) < 4.78 is 12.2. The van der Waals surface area contributed by atoms with Gasteiger partial charge in [-0.15, -0.1) is 11.3 Å². The Hall–Kier alpha value is -4.11. The summed E-state index contributed by atoms with van der Waals surface area (Å²) in [5.41, 5.74) is 3.88. The third-order valence-electron chi connectivity index (χ3n) is 6.58. The van der Waals surface area contributed by atoms with Gasteiger partial charge in [-0.3, -0.25) is 4.79 Å². The van der Waals surface area contributed by atoms with Crippen molar-refractivity contribution in [1.82, 2.24) is 14.7 Å². The molecule has 1 aliphatic heterocycles. The van der Waals surface area contributed by atoms with Crippen molar-refractivity contribution in [2.45, 2.75) is 13.3 Å². The monoisotopic (exact) mass is 530 g/mol. The molecule has 0 radical (unpaired) electrons. The average molecular weight is 531 g/mol. The average Bonchev–Trinajstić information content (AvgIpc) is 3.64. The van der Waals surface area contributed by atoms with Crippen LogP contribution in [0.15, 0.2) is 72.1 Å². The van der Waals surface area contributed by atoms with Crippen molar-refractivity contribution in [1.29, 1.82) is 0 Å². The number of aromatic nitrogens is 2. The molecule has 0 N–H and O–H groups in total. The Bertz CT molecular complexity index is 1370. The van der Waals surface area contributed by atoms with Gasteiger partial charge < -0.3 is 19.3 Å². The minimum absolute atomic E-state index is 0.187. The molecule has 1 fully saturated rings. The van der Waals surface area contributed by atoms with Crippen LogP contribution in [-0.4, -0.2) is 66.5 Å². The van der Waals surface area contributed by atoms with Gasteiger partial charge in [0.25, 0.3) is 0 Å². The summed E-state index contributed by atoms with van der Waals surface area (Å²) in [7, 11) is 1.62. The lowest BCUT2D eigenvalue weighted by molar-refractivity contribution is -0.130. The first-order chi connectivity index (χ1) is 18.6. The van der Waals surface area contributed by atoms with E-state index in [0.29, 0.717) is 19.5 Å². The number of benzene rings is 2. The zero-order valence-corrected chi connectivity index (χ0v) is 22.3. The predicted molar refractivity (Wildman–Crippen MR) is 148 cm³/mol. The van der Waals surface area contributed by atoms with Crippen LogP contribution < -0.4 is 9.64 Å². The third kappa shape index (κ3) is 5.57. The van der Waals surface area contributed by atoms with Gasteiger partial charge >= 0.3 is 5.97 Å². The lowest BCUT2D eigenvalue weighted by Crippen LogP contribution is -2.49. The van der Waals surface area contributed by atoms with E-state index in [4.69, 9.17) is 9.47 Å². The molecule has 2 aromatic heterocycles. The summed E-state index contributed by atoms with van der Waals surface area (Å²) in [6, 6.07) is 21.5. The second-order valence-corrected chi connectivity index (χ2v) is 9.95. The van der Waals surface area contributed by atoms with Crippen molar-refractivity contribution in [2.75, 3.05) is 44.8 Å². The first kappa shape index (κ1) is 25.5. The molecule has 4 aromatic rings. The Morgan fingerprint density at radius 3 is 2.29 bits per heavy atom. The van der Waals surface area contributed by atoms with E-state index in [9.17, 15) is 9.59 Å². The van der Waals surface area contributed by atoms with Gasteiger partial charge in [0.2, 0.25) is 5.91 Å². The quantitative estimate of drug-likeness (QED) is 0.308. The number of hydrogen-bond donors (Lipinski definition) is 0. The van der Waals surface area contributed by atoms with Crippen LogP contribution in [0.4, 0.5) is 5.69 Å². The summed E-state index contributed by atoms with van der Waals surface area (Å²) >= 11 is 1.62. The molecule has 196 valence electrons. The van der Waals surface area contributed by atoms with Crippen LogP contribution in [0, 0.1) is 0 Å². The highest BCUT2D eigenvalue weighted by atomic mass is 32.1. The van der Waals surface area contributed by atoms with Crippen molar-refractivity contribution < 1.29 is 19.1 Å². The lowest BCUT2D eigenvalue weighted by atomic mass is 10.1. The van der Waals surface area contributed by atoms with Gasteiger partial charge in [0, 0.05) is 42.3 Å². The number of amides is 1. The van der Waals surface area contributed by atoms with Crippen molar-refractivity contribution in [3.8, 4) is 22.7 Å². The molecule has 0 saturated carbocycles. The number of ether oxygens (including phenoxy) is 2. The smallest absolute Gasteiger partial charge is 0.358 e. The van der Waals surface area contributed by atoms with Crippen LogP contribution in [-0.2, 0) is 16.0 Å². The molecule has 9 heteroatoms. The van der Waals surface area contributed by atoms with Crippen LogP contribution in [0.25, 0.3) is 16.9 Å². The molecular formula is C29H30N4O4S. The number of piperazine rings is 1. The normalized spacial score (nSPS) is 13.4. The molecule has 1 saturated heterocycles. The second-order valence-electron chi connectivity index (χ2n) is 8.92. The Labute approximate surface area is 226 Å². The fourth-order valence-electron chi connectivity index (χ4n) is 4.54. The van der Waals surface area contributed by atoms with Crippen LogP contribution in [0.5, 0.6) is 5.75 Å². The number of methoxy groups -OCH3 is 1. The van der Waals surface area contributed by atoms with Gasteiger partial charge in [0.1, 0.15) is 5.75 Å². The van der Waals surface area contributed by atoms with E-state index < -0.39 is 5.97 Å². The van der Waals surface area contributed by atoms with Crippen LogP contribution in [0.2, 0.25) is 0 Å². The number of rotatable bonds is 8. The largest absolute Gasteiger partial charge is 0.497 e. The highest BCUT2D eigenvalue weighted by Gasteiger charge is 2.22. The van der Waals surface area contributed by atoms with E-state index in [-0.39, 0.29) is 18.2 Å². The van der Waals surface area contributed by atoms with Crippen LogP contribution >= 0.6 is 11.3 Å². The number of esters is 1. The molecule has 1 aliphatic rings. The fourth-order valence-corrected chi connectivity index (χ4v) is 5.24. The number of carbonyl (C=O) groups excluding carboxylic acids is 2. The fraction of sp³-hybridized carbons (Fsp3) is 0.276. The third-order valence-corrected chi connectivity index (χ3v) is 7.45. The maximum atomic E-state index is 12.7. The summed E-state index contributed by atoms with van der Waals surface area (Å²) in [6.45, 7) is 5.04. The molecular weight excluding hydrogens is 500 g/mol. The number of thiophene rings is 1. The minimum atomic E-state index is -0.455. The van der Waals surface area contributed by atoms with Crippen LogP contribution in [0.3, 0.4) is 0 Å². The van der Waals surface area contributed by atoms with E-state index in [1.807, 2.05) is 58.8 Å². The zero-order chi connectivity index (χ0) is 26.5. The number of anilines is 1. The highest BCUT2D eigenvalue weighted by Crippen LogP contribution is 2.28. The van der Waals surface area contributed by atoms with Crippen molar-refractivity contribution >= 4 is 28.9 Å². The maximum Gasteiger partial charge on any atom is 0.358 e. The van der Waals surface area contributed by atoms with E-state index in [0.717, 1.165) is 46.3 Å². The number of nitrogens with zero attached hydrogens (tertiary/aromatic N) is 4. The predicted octanol–water partition coefficient (Wildman–Crippen LogP) is 4.68. The molecule has 2 aromatic carbocycles. The maximum absolute atomic E-state index is 12.7. The SMILES string of the molecule is CCOC(=O)c1cc(-c2ccc(N3CCN(C(=O)Cc4cccs4)CC3)cc2)n(-c2ccc(OC)cc2)n1. The van der Waals surface area contributed by atoms with E-state index in [2.05, 4.69) is 22.1 Å². The Balaban J connectivity index is 1.32. The Morgan fingerprint density at radius 1 is 0.947 bits per heavy atom. The molecule has 0 unspecified atom stereocenters. The van der Waals surface area contributed by atoms with Gasteiger partial charge in [-0.2, -0.15) is 5.10 Å². The molecule has 0 aliphatic carbocycles. The summed E-state index contributed by atoms with van der Waals surface area (Å²) in [4.78, 5) is 30.4. The van der Waals surface area contributed by atoms with E-state index in [1.54, 1.807) is 36.1 Å². The zero-order valence-electron chi connectivity index (χ0n) is 21.5. The van der Waals surface area contributed by atoms with Gasteiger partial charge in [0.05, 0.1) is 31.5 Å². The molecule has 38 heavy (non-hydrogen) atoms. The minimum Gasteiger partial charge on any atom is -0.497 e. The standard InChI is InChI=1S/C29H30N4O4S/c1-3-37-29(35)26-20-27(33(30-26)23-10-12-24(36-2)13-11-23)21-6-8-22(9-7-21)31-14-16-32(17-15-31)28(34)19-25-5-4-18-38-25/h4-13,18,20H,3,14-17,19H2,1-2H3. The lowest BCUT2D eigenvalue weighted by Gasteiger charge is -2.36. The molecule has 8 nitrogen and oxygen atoms in total. The topological polar surface area (TPSA) is 76.9 Å². The van der Waals surface area contributed by atoms with Crippen molar-refractivity contribution in [3.05, 3.63) is 82.7 Å². The van der Waals surface area contributed by atoms with Gasteiger partial charge in [-0.05, 0) is 60.8 Å². The summed E-state index contributed by atoms with van der Waals surface area (Å²) in [6.07, 6.45) is 0.474. The number of hydrogen-bond acceptors (Lipinski definition) is 7. The molecule has 0 atom stereocenters. The second kappa shape index (κ2) is 11.5. The first-order valence-corrected chi connectivity index (χ1v) is 13.5. The Kier molecular flexibility index (Phi) is 7.74. The van der Waals surface area contributed by atoms with E-state index in [1.165, 1.54) is 0 Å². The van der Waals surface area contributed by atoms with Crippen molar-refractivity contribution in [2.24, 2.45) is 0 Å². The summed E-state index contributed by atoms with van der Waals surface area (Å²) in [5, 5.41) is 6.55. The van der Waals surface area contributed by atoms with Gasteiger partial charge in [-0.25, -0.2) is 9.48 Å². The molecule has 5 rings (SSSR count). The molecule has 0 bridgehead atoms. The van der Waals surface area contributed by atoms with Crippen LogP contribution in [0.1, 0.15) is 22.3 Å². The first-order valence-electron chi connectivity index (χ1n) is 12.6. The summed E-state index contributed by atoms with van der Waals surface area (Å²) in [5.74, 6) is 0.474. The number of carbonyl (C=O) groups is 2. The van der Waals surface area contributed by atoms with E-state index >= 15 is 0 Å². The molecule has 3 heterocycles. The van der Waals surface area contributed by atoms with Gasteiger partial charge in [0.15, 0.2) is 5.69 Å². The Morgan fingerprint density at radius 2 is 1.66 bits per heavy atom. The molecule has 0 spiro atoms. The van der Waals surface area contributed by atoms with Gasteiger partial charge in [-0.1, -0.05) is 18.2 Å². The van der Waals surface area contributed by atoms with Crippen molar-refractivity contribution in [3.63, 3.8) is 0 Å². The highest BCUT2D eigenvalue weighted by molar-refractivity contribution is 7.10. The molecule has 1 amide bonds.